The molecule has 0 saturated carbocycles. The van der Waals surface area contributed by atoms with Crippen molar-refractivity contribution in [2.75, 3.05) is 14.2 Å². The van der Waals surface area contributed by atoms with Crippen molar-refractivity contribution >= 4 is 0 Å². The molecule has 1 rings (SSSR count). The first-order valence-corrected chi connectivity index (χ1v) is 5.51. The summed E-state index contributed by atoms with van der Waals surface area (Å²) >= 11 is 0. The van der Waals surface area contributed by atoms with Crippen molar-refractivity contribution in [3.05, 3.63) is 24.0 Å². The average Bonchev–Trinajstić information content (AvgIpc) is 2.30. The molecule has 5 nitrogen and oxygen atoms in total. The number of methoxy groups -OCH3 is 2. The number of aromatic nitrogens is 1. The van der Waals surface area contributed by atoms with Crippen molar-refractivity contribution in [1.29, 1.82) is 0 Å². The third-order valence-electron chi connectivity index (χ3n) is 2.25. The molecule has 0 aromatic carbocycles. The van der Waals surface area contributed by atoms with E-state index < -0.39 is 12.3 Å². The fourth-order valence-electron chi connectivity index (χ4n) is 1.50. The summed E-state index contributed by atoms with van der Waals surface area (Å²) in [5.74, 6) is 0.693. The van der Waals surface area contributed by atoms with E-state index in [1.807, 2.05) is 19.9 Å². The van der Waals surface area contributed by atoms with E-state index in [2.05, 4.69) is 4.98 Å². The second-order valence-corrected chi connectivity index (χ2v) is 3.99. The standard InChI is InChI=1S/C12H20N2O3/c1-8(2)17-10-5-9(6-14-7-10)11(13)12(15-3)16-4/h5-8,11-12H,13H2,1-4H3. The van der Waals surface area contributed by atoms with Crippen molar-refractivity contribution in [3.63, 3.8) is 0 Å². The van der Waals surface area contributed by atoms with Crippen molar-refractivity contribution in [3.8, 4) is 5.75 Å². The SMILES string of the molecule is COC(OC)C(N)c1cncc(OC(C)C)c1. The highest BCUT2D eigenvalue weighted by Gasteiger charge is 2.19. The molecule has 1 aromatic rings. The van der Waals surface area contributed by atoms with Gasteiger partial charge in [0.1, 0.15) is 5.75 Å². The minimum absolute atomic E-state index is 0.101. The maximum atomic E-state index is 6.01. The summed E-state index contributed by atoms with van der Waals surface area (Å²) in [6.07, 6.45) is 2.95. The lowest BCUT2D eigenvalue weighted by Gasteiger charge is -2.21. The molecule has 0 fully saturated rings. The van der Waals surface area contributed by atoms with Gasteiger partial charge < -0.3 is 19.9 Å². The lowest BCUT2D eigenvalue weighted by Crippen LogP contribution is -2.29. The molecule has 17 heavy (non-hydrogen) atoms. The van der Waals surface area contributed by atoms with Gasteiger partial charge in [0.2, 0.25) is 0 Å². The molecule has 1 atom stereocenters. The molecule has 0 aliphatic heterocycles. The zero-order valence-corrected chi connectivity index (χ0v) is 10.7. The number of rotatable bonds is 6. The van der Waals surface area contributed by atoms with E-state index in [4.69, 9.17) is 19.9 Å². The Bertz CT molecular complexity index is 340. The van der Waals surface area contributed by atoms with E-state index in [1.165, 1.54) is 0 Å². The maximum Gasteiger partial charge on any atom is 0.176 e. The Morgan fingerprint density at radius 3 is 2.35 bits per heavy atom. The fourth-order valence-corrected chi connectivity index (χ4v) is 1.50. The number of hydrogen-bond acceptors (Lipinski definition) is 5. The van der Waals surface area contributed by atoms with Crippen LogP contribution in [0.25, 0.3) is 0 Å². The highest BCUT2D eigenvalue weighted by atomic mass is 16.7. The number of nitrogens with zero attached hydrogens (tertiary/aromatic N) is 1. The Hall–Kier alpha value is -1.17. The van der Waals surface area contributed by atoms with Crippen molar-refractivity contribution in [1.82, 2.24) is 4.98 Å². The second-order valence-electron chi connectivity index (χ2n) is 3.99. The average molecular weight is 240 g/mol. The van der Waals surface area contributed by atoms with Gasteiger partial charge in [0.25, 0.3) is 0 Å². The lowest BCUT2D eigenvalue weighted by molar-refractivity contribution is -0.117. The van der Waals surface area contributed by atoms with Crippen molar-refractivity contribution in [2.45, 2.75) is 32.3 Å². The third kappa shape index (κ3) is 3.96. The summed E-state index contributed by atoms with van der Waals surface area (Å²) < 4.78 is 15.8. The summed E-state index contributed by atoms with van der Waals surface area (Å²) in [7, 11) is 3.10. The zero-order valence-electron chi connectivity index (χ0n) is 10.7. The minimum atomic E-state index is -0.494. The smallest absolute Gasteiger partial charge is 0.176 e. The van der Waals surface area contributed by atoms with E-state index in [9.17, 15) is 0 Å². The number of ether oxygens (including phenoxy) is 3. The molecule has 0 aliphatic carbocycles. The molecule has 5 heteroatoms. The highest BCUT2D eigenvalue weighted by molar-refractivity contribution is 5.26. The number of pyridine rings is 1. The van der Waals surface area contributed by atoms with Gasteiger partial charge in [-0.25, -0.2) is 0 Å². The first-order valence-electron chi connectivity index (χ1n) is 5.51. The molecule has 0 aliphatic rings. The van der Waals surface area contributed by atoms with Crippen LogP contribution in [0.5, 0.6) is 5.75 Å². The molecule has 1 heterocycles. The summed E-state index contributed by atoms with van der Waals surface area (Å²) in [5.41, 5.74) is 6.83. The van der Waals surface area contributed by atoms with Gasteiger partial charge in [0.15, 0.2) is 6.29 Å². The maximum absolute atomic E-state index is 6.01. The van der Waals surface area contributed by atoms with Crippen LogP contribution in [0.1, 0.15) is 25.5 Å². The molecule has 0 amide bonds. The van der Waals surface area contributed by atoms with Crippen LogP contribution in [0.4, 0.5) is 0 Å². The van der Waals surface area contributed by atoms with E-state index in [0.717, 1.165) is 5.56 Å². The Morgan fingerprint density at radius 2 is 1.82 bits per heavy atom. The van der Waals surface area contributed by atoms with Gasteiger partial charge in [-0.05, 0) is 25.5 Å². The van der Waals surface area contributed by atoms with Gasteiger partial charge in [-0.15, -0.1) is 0 Å². The topological polar surface area (TPSA) is 66.6 Å². The molecule has 0 spiro atoms. The predicted octanol–water partition coefficient (Wildman–Crippen LogP) is 1.49. The Kier molecular flexibility index (Phi) is 5.34. The summed E-state index contributed by atoms with van der Waals surface area (Å²) in [6.45, 7) is 3.92. The molecule has 0 saturated heterocycles. The van der Waals surface area contributed by atoms with Gasteiger partial charge in [-0.3, -0.25) is 4.98 Å². The van der Waals surface area contributed by atoms with Crippen LogP contribution in [0.2, 0.25) is 0 Å². The summed E-state index contributed by atoms with van der Waals surface area (Å²) in [6, 6.07) is 1.45. The second kappa shape index (κ2) is 6.54. The highest BCUT2D eigenvalue weighted by Crippen LogP contribution is 2.21. The van der Waals surface area contributed by atoms with Crippen LogP contribution < -0.4 is 10.5 Å². The van der Waals surface area contributed by atoms with Crippen LogP contribution in [0.15, 0.2) is 18.5 Å². The molecule has 1 aromatic heterocycles. The molecule has 96 valence electrons. The van der Waals surface area contributed by atoms with E-state index in [0.29, 0.717) is 5.75 Å². The summed E-state index contributed by atoms with van der Waals surface area (Å²) in [5, 5.41) is 0. The third-order valence-corrected chi connectivity index (χ3v) is 2.25. The first kappa shape index (κ1) is 13.9. The van der Waals surface area contributed by atoms with Gasteiger partial charge in [-0.1, -0.05) is 0 Å². The predicted molar refractivity (Wildman–Crippen MR) is 64.7 cm³/mol. The normalized spacial score (nSPS) is 13.1. The largest absolute Gasteiger partial charge is 0.489 e. The molecule has 1 unspecified atom stereocenters. The van der Waals surface area contributed by atoms with Crippen molar-refractivity contribution in [2.24, 2.45) is 5.73 Å². The number of nitrogens with two attached hydrogens (primary N) is 1. The minimum Gasteiger partial charge on any atom is -0.489 e. The zero-order chi connectivity index (χ0) is 12.8. The van der Waals surface area contributed by atoms with Gasteiger partial charge in [0.05, 0.1) is 18.3 Å². The van der Waals surface area contributed by atoms with Gasteiger partial charge in [0, 0.05) is 20.4 Å². The first-order chi connectivity index (χ1) is 8.08. The lowest BCUT2D eigenvalue weighted by atomic mass is 10.1. The Balaban J connectivity index is 2.83. The monoisotopic (exact) mass is 240 g/mol. The molecular weight excluding hydrogens is 220 g/mol. The van der Waals surface area contributed by atoms with Crippen LogP contribution in [0.3, 0.4) is 0 Å². The molecule has 0 radical (unpaired) electrons. The van der Waals surface area contributed by atoms with Crippen LogP contribution in [-0.2, 0) is 9.47 Å². The van der Waals surface area contributed by atoms with Crippen LogP contribution >= 0.6 is 0 Å². The molecular formula is C12H20N2O3. The van der Waals surface area contributed by atoms with Crippen LogP contribution in [-0.4, -0.2) is 31.6 Å². The molecule has 2 N–H and O–H groups in total. The van der Waals surface area contributed by atoms with Gasteiger partial charge in [-0.2, -0.15) is 0 Å². The van der Waals surface area contributed by atoms with Crippen molar-refractivity contribution < 1.29 is 14.2 Å². The fraction of sp³-hybridized carbons (Fsp3) is 0.583. The summed E-state index contributed by atoms with van der Waals surface area (Å²) in [4.78, 5) is 4.09. The Labute approximate surface area is 102 Å². The van der Waals surface area contributed by atoms with E-state index in [1.54, 1.807) is 26.6 Å². The van der Waals surface area contributed by atoms with E-state index in [-0.39, 0.29) is 6.10 Å². The Morgan fingerprint density at radius 1 is 1.18 bits per heavy atom. The van der Waals surface area contributed by atoms with Crippen LogP contribution in [0, 0.1) is 0 Å². The van der Waals surface area contributed by atoms with Gasteiger partial charge >= 0.3 is 0 Å². The van der Waals surface area contributed by atoms with E-state index >= 15 is 0 Å². The quantitative estimate of drug-likeness (QED) is 0.763. The number of hydrogen-bond donors (Lipinski definition) is 1. The molecule has 0 bridgehead atoms.